The fourth-order valence-electron chi connectivity index (χ4n) is 2.49. The quantitative estimate of drug-likeness (QED) is 0.595. The highest BCUT2D eigenvalue weighted by Gasteiger charge is 2.34. The van der Waals surface area contributed by atoms with Crippen LogP contribution >= 0.6 is 0 Å². The summed E-state index contributed by atoms with van der Waals surface area (Å²) in [5, 5.41) is 0. The van der Waals surface area contributed by atoms with E-state index in [1.54, 1.807) is 11.9 Å². The summed E-state index contributed by atoms with van der Waals surface area (Å²) in [6.45, 7) is 1.40. The van der Waals surface area contributed by atoms with Crippen molar-refractivity contribution in [1.29, 1.82) is 0 Å². The third kappa shape index (κ3) is 1.98. The minimum absolute atomic E-state index is 0.296. The van der Waals surface area contributed by atoms with Gasteiger partial charge in [0.05, 0.1) is 0 Å². The molecule has 1 saturated heterocycles. The van der Waals surface area contributed by atoms with Crippen molar-refractivity contribution >= 4 is 11.8 Å². The van der Waals surface area contributed by atoms with Gasteiger partial charge in [0.1, 0.15) is 0 Å². The maximum absolute atomic E-state index is 11.8. The minimum Gasteiger partial charge on any atom is -0.336 e. The lowest BCUT2D eigenvalue weighted by atomic mass is 9.93. The highest BCUT2D eigenvalue weighted by Crippen LogP contribution is 2.23. The SMILES string of the molecule is CN1CCN(C2CCCCC2)C(=O)C1=O. The second-order valence-corrected chi connectivity index (χ2v) is 4.52. The highest BCUT2D eigenvalue weighted by atomic mass is 16.2. The summed E-state index contributed by atoms with van der Waals surface area (Å²) in [5.41, 5.74) is 0. The van der Waals surface area contributed by atoms with E-state index in [9.17, 15) is 9.59 Å². The third-order valence-corrected chi connectivity index (χ3v) is 3.48. The lowest BCUT2D eigenvalue weighted by molar-refractivity contribution is -0.157. The first kappa shape index (κ1) is 10.5. The topological polar surface area (TPSA) is 40.6 Å². The van der Waals surface area contributed by atoms with Crippen molar-refractivity contribution in [3.05, 3.63) is 0 Å². The van der Waals surface area contributed by atoms with E-state index in [0.717, 1.165) is 12.8 Å². The van der Waals surface area contributed by atoms with Crippen molar-refractivity contribution < 1.29 is 9.59 Å². The Balaban J connectivity index is 2.02. The van der Waals surface area contributed by atoms with Gasteiger partial charge in [0.2, 0.25) is 0 Å². The predicted octanol–water partition coefficient (Wildman–Crippen LogP) is 0.620. The van der Waals surface area contributed by atoms with Crippen molar-refractivity contribution in [2.75, 3.05) is 20.1 Å². The van der Waals surface area contributed by atoms with Crippen LogP contribution in [0.5, 0.6) is 0 Å². The van der Waals surface area contributed by atoms with E-state index in [1.165, 1.54) is 24.2 Å². The second-order valence-electron chi connectivity index (χ2n) is 4.52. The van der Waals surface area contributed by atoms with Crippen LogP contribution in [0, 0.1) is 0 Å². The number of hydrogen-bond acceptors (Lipinski definition) is 2. The maximum Gasteiger partial charge on any atom is 0.312 e. The molecule has 2 fully saturated rings. The van der Waals surface area contributed by atoms with Crippen molar-refractivity contribution in [2.24, 2.45) is 0 Å². The van der Waals surface area contributed by atoms with Gasteiger partial charge < -0.3 is 9.80 Å². The van der Waals surface area contributed by atoms with Gasteiger partial charge in [-0.2, -0.15) is 0 Å². The number of hydrogen-bond donors (Lipinski definition) is 0. The molecule has 0 atom stereocenters. The normalized spacial score (nSPS) is 24.9. The van der Waals surface area contributed by atoms with E-state index in [4.69, 9.17) is 0 Å². The van der Waals surface area contributed by atoms with Gasteiger partial charge in [0.15, 0.2) is 0 Å². The molecule has 1 aliphatic carbocycles. The van der Waals surface area contributed by atoms with Crippen molar-refractivity contribution in [3.8, 4) is 0 Å². The Hall–Kier alpha value is -1.06. The largest absolute Gasteiger partial charge is 0.336 e. The van der Waals surface area contributed by atoms with Gasteiger partial charge in [-0.25, -0.2) is 0 Å². The van der Waals surface area contributed by atoms with Gasteiger partial charge in [-0.15, -0.1) is 0 Å². The molecule has 0 aromatic carbocycles. The zero-order chi connectivity index (χ0) is 10.8. The summed E-state index contributed by atoms with van der Waals surface area (Å²) in [6, 6.07) is 0.323. The van der Waals surface area contributed by atoms with Crippen molar-refractivity contribution in [3.63, 3.8) is 0 Å². The molecule has 0 aromatic heterocycles. The lowest BCUT2D eigenvalue weighted by Crippen LogP contribution is -2.56. The molecule has 15 heavy (non-hydrogen) atoms. The van der Waals surface area contributed by atoms with Crippen LogP contribution in [-0.4, -0.2) is 47.8 Å². The smallest absolute Gasteiger partial charge is 0.312 e. The van der Waals surface area contributed by atoms with Crippen LogP contribution in [0.4, 0.5) is 0 Å². The predicted molar refractivity (Wildman–Crippen MR) is 56.2 cm³/mol. The van der Waals surface area contributed by atoms with E-state index >= 15 is 0 Å². The third-order valence-electron chi connectivity index (χ3n) is 3.48. The van der Waals surface area contributed by atoms with Gasteiger partial charge in [-0.05, 0) is 12.8 Å². The van der Waals surface area contributed by atoms with Gasteiger partial charge in [-0.1, -0.05) is 19.3 Å². The molecule has 0 spiro atoms. The fraction of sp³-hybridized carbons (Fsp3) is 0.818. The molecular formula is C11H18N2O2. The van der Waals surface area contributed by atoms with E-state index in [0.29, 0.717) is 19.1 Å². The van der Waals surface area contributed by atoms with Gasteiger partial charge >= 0.3 is 11.8 Å². The summed E-state index contributed by atoms with van der Waals surface area (Å²) in [6.07, 6.45) is 5.80. The van der Waals surface area contributed by atoms with Crippen LogP contribution in [0.3, 0.4) is 0 Å². The summed E-state index contributed by atoms with van der Waals surface area (Å²) in [4.78, 5) is 26.6. The molecular weight excluding hydrogens is 192 g/mol. The Bertz CT molecular complexity index is 272. The standard InChI is InChI=1S/C11H18N2O2/c1-12-7-8-13(11(15)10(12)14)9-5-3-2-4-6-9/h9H,2-8H2,1H3. The molecule has 2 aliphatic rings. The zero-order valence-electron chi connectivity index (χ0n) is 9.24. The maximum atomic E-state index is 11.8. The van der Waals surface area contributed by atoms with Crippen LogP contribution in [-0.2, 0) is 9.59 Å². The summed E-state index contributed by atoms with van der Waals surface area (Å²) in [5.74, 6) is -0.637. The molecule has 1 aliphatic heterocycles. The number of carbonyl (C=O) groups excluding carboxylic acids is 2. The van der Waals surface area contributed by atoms with Crippen LogP contribution < -0.4 is 0 Å². The van der Waals surface area contributed by atoms with Crippen molar-refractivity contribution in [1.82, 2.24) is 9.80 Å². The van der Waals surface area contributed by atoms with E-state index < -0.39 is 0 Å². The molecule has 4 heteroatoms. The number of nitrogens with zero attached hydrogens (tertiary/aromatic N) is 2. The minimum atomic E-state index is -0.341. The number of piperazine rings is 1. The van der Waals surface area contributed by atoms with Crippen LogP contribution in [0.25, 0.3) is 0 Å². The van der Waals surface area contributed by atoms with Gasteiger partial charge in [0, 0.05) is 26.2 Å². The Morgan fingerprint density at radius 3 is 2.33 bits per heavy atom. The van der Waals surface area contributed by atoms with Gasteiger partial charge in [0.25, 0.3) is 0 Å². The molecule has 84 valence electrons. The molecule has 0 unspecified atom stereocenters. The molecule has 2 rings (SSSR count). The molecule has 4 nitrogen and oxygen atoms in total. The molecule has 0 N–H and O–H groups in total. The van der Waals surface area contributed by atoms with Crippen LogP contribution in [0.2, 0.25) is 0 Å². The lowest BCUT2D eigenvalue weighted by Gasteiger charge is -2.38. The molecule has 1 heterocycles. The molecule has 2 amide bonds. The van der Waals surface area contributed by atoms with E-state index in [1.807, 2.05) is 0 Å². The molecule has 0 radical (unpaired) electrons. The van der Waals surface area contributed by atoms with Gasteiger partial charge in [-0.3, -0.25) is 9.59 Å². The number of likely N-dealkylation sites (N-methyl/N-ethyl adjacent to an activating group) is 1. The Labute approximate surface area is 90.2 Å². The first-order valence-electron chi connectivity index (χ1n) is 5.76. The van der Waals surface area contributed by atoms with E-state index in [2.05, 4.69) is 0 Å². The molecule has 0 bridgehead atoms. The summed E-state index contributed by atoms with van der Waals surface area (Å²) < 4.78 is 0. The fourth-order valence-corrected chi connectivity index (χ4v) is 2.49. The Morgan fingerprint density at radius 2 is 1.67 bits per heavy atom. The average Bonchev–Trinajstić information content (AvgIpc) is 2.27. The Kier molecular flexibility index (Phi) is 2.93. The number of carbonyl (C=O) groups is 2. The summed E-state index contributed by atoms with van der Waals surface area (Å²) >= 11 is 0. The first-order valence-corrected chi connectivity index (χ1v) is 5.76. The first-order chi connectivity index (χ1) is 7.20. The van der Waals surface area contributed by atoms with E-state index in [-0.39, 0.29) is 11.8 Å². The van der Waals surface area contributed by atoms with Crippen molar-refractivity contribution in [2.45, 2.75) is 38.1 Å². The monoisotopic (exact) mass is 210 g/mol. The number of rotatable bonds is 1. The number of amides is 2. The zero-order valence-corrected chi connectivity index (χ0v) is 9.24. The highest BCUT2D eigenvalue weighted by molar-refractivity contribution is 6.35. The van der Waals surface area contributed by atoms with Crippen LogP contribution in [0.15, 0.2) is 0 Å². The average molecular weight is 210 g/mol. The molecule has 1 saturated carbocycles. The summed E-state index contributed by atoms with van der Waals surface area (Å²) in [7, 11) is 1.69. The second kappa shape index (κ2) is 4.21. The molecule has 0 aromatic rings. The van der Waals surface area contributed by atoms with Crippen LogP contribution in [0.1, 0.15) is 32.1 Å². The Morgan fingerprint density at radius 1 is 1.00 bits per heavy atom.